The molecule has 2 heterocycles. The first kappa shape index (κ1) is 15.4. The molecule has 1 aromatic heterocycles. The monoisotopic (exact) mass is 334 g/mol. The third-order valence-corrected chi connectivity index (χ3v) is 3.86. The van der Waals surface area contributed by atoms with Crippen molar-refractivity contribution >= 4 is 34.9 Å². The first-order chi connectivity index (χ1) is 11.0. The molecule has 2 N–H and O–H groups in total. The Morgan fingerprint density at radius 1 is 1.48 bits per heavy atom. The topological polar surface area (TPSA) is 85.2 Å². The van der Waals surface area contributed by atoms with Gasteiger partial charge in [0.2, 0.25) is 11.8 Å². The van der Waals surface area contributed by atoms with E-state index >= 15 is 0 Å². The first-order valence-electron chi connectivity index (χ1n) is 6.98. The van der Waals surface area contributed by atoms with Crippen molar-refractivity contribution < 1.29 is 14.3 Å². The maximum Gasteiger partial charge on any atom is 0.249 e. The molecule has 0 fully saturated rings. The molecule has 0 aliphatic carbocycles. The van der Waals surface area contributed by atoms with Crippen molar-refractivity contribution in [3.8, 4) is 5.75 Å². The Hall–Kier alpha value is -2.54. The molecule has 3 rings (SSSR count). The molecule has 23 heavy (non-hydrogen) atoms. The van der Waals surface area contributed by atoms with Crippen LogP contribution in [0.1, 0.15) is 18.2 Å². The smallest absolute Gasteiger partial charge is 0.249 e. The highest BCUT2D eigenvalue weighted by Crippen LogP contribution is 2.30. The Bertz CT molecular complexity index is 787. The average molecular weight is 335 g/mol. The highest BCUT2D eigenvalue weighted by atomic mass is 35.5. The van der Waals surface area contributed by atoms with Crippen LogP contribution in [-0.4, -0.2) is 28.7 Å². The van der Waals surface area contributed by atoms with Crippen LogP contribution in [0.3, 0.4) is 0 Å². The molecule has 8 heteroatoms. The summed E-state index contributed by atoms with van der Waals surface area (Å²) in [6.45, 7) is 1.80. The Morgan fingerprint density at radius 3 is 3.00 bits per heavy atom. The predicted molar refractivity (Wildman–Crippen MR) is 85.9 cm³/mol. The molecule has 1 atom stereocenters. The zero-order chi connectivity index (χ0) is 16.6. The molecule has 120 valence electrons. The number of benzene rings is 1. The van der Waals surface area contributed by atoms with Gasteiger partial charge >= 0.3 is 0 Å². The van der Waals surface area contributed by atoms with E-state index in [9.17, 15) is 9.59 Å². The van der Waals surface area contributed by atoms with E-state index in [0.717, 1.165) is 5.69 Å². The fourth-order valence-electron chi connectivity index (χ4n) is 2.45. The number of carbonyl (C=O) groups is 2. The first-order valence-corrected chi connectivity index (χ1v) is 7.36. The van der Waals surface area contributed by atoms with E-state index in [1.807, 2.05) is 0 Å². The van der Waals surface area contributed by atoms with Gasteiger partial charge in [0, 0.05) is 12.1 Å². The molecule has 7 nitrogen and oxygen atoms in total. The summed E-state index contributed by atoms with van der Waals surface area (Å²) < 4.78 is 6.64. The summed E-state index contributed by atoms with van der Waals surface area (Å²) in [4.78, 5) is 24.4. The summed E-state index contributed by atoms with van der Waals surface area (Å²) in [5.74, 6) is 0.492. The maximum atomic E-state index is 12.6. The standard InChI is InChI=1S/C15H15ClN4O3/c1-8-5-13-18-14(21)7-12(20(13)19-8)15(22)17-11-6-9(23-2)3-4-10(11)16/h3-6,12H,7H2,1-2H3,(H,17,22)(H,18,21)/t12-/m0/s1. The number of nitrogens with zero attached hydrogens (tertiary/aromatic N) is 2. The lowest BCUT2D eigenvalue weighted by atomic mass is 10.1. The van der Waals surface area contributed by atoms with Gasteiger partial charge in [-0.2, -0.15) is 5.10 Å². The zero-order valence-electron chi connectivity index (χ0n) is 12.6. The lowest BCUT2D eigenvalue weighted by molar-refractivity contribution is -0.125. The van der Waals surface area contributed by atoms with Crippen molar-refractivity contribution in [2.24, 2.45) is 0 Å². The molecule has 2 aromatic rings. The van der Waals surface area contributed by atoms with Gasteiger partial charge in [-0.05, 0) is 19.1 Å². The normalized spacial score (nSPS) is 16.5. The molecular weight excluding hydrogens is 320 g/mol. The largest absolute Gasteiger partial charge is 0.497 e. The van der Waals surface area contributed by atoms with Crippen LogP contribution in [0.5, 0.6) is 5.75 Å². The third-order valence-electron chi connectivity index (χ3n) is 3.53. The Kier molecular flexibility index (Phi) is 3.96. The van der Waals surface area contributed by atoms with E-state index in [1.165, 1.54) is 11.8 Å². The van der Waals surface area contributed by atoms with Crippen LogP contribution in [0, 0.1) is 6.92 Å². The number of carbonyl (C=O) groups excluding carboxylic acids is 2. The second-order valence-electron chi connectivity index (χ2n) is 5.22. The number of nitrogens with one attached hydrogen (secondary N) is 2. The Labute approximate surface area is 137 Å². The van der Waals surface area contributed by atoms with Gasteiger partial charge in [-0.15, -0.1) is 0 Å². The van der Waals surface area contributed by atoms with Crippen LogP contribution in [0.25, 0.3) is 0 Å². The van der Waals surface area contributed by atoms with E-state index in [4.69, 9.17) is 16.3 Å². The molecule has 0 saturated carbocycles. The highest BCUT2D eigenvalue weighted by Gasteiger charge is 2.31. The van der Waals surface area contributed by atoms with Gasteiger partial charge in [-0.25, -0.2) is 4.68 Å². The molecule has 1 aliphatic rings. The minimum Gasteiger partial charge on any atom is -0.497 e. The van der Waals surface area contributed by atoms with Crippen molar-refractivity contribution in [1.29, 1.82) is 0 Å². The number of anilines is 2. The molecule has 0 spiro atoms. The predicted octanol–water partition coefficient (Wildman–Crippen LogP) is 2.38. The molecule has 0 unspecified atom stereocenters. The van der Waals surface area contributed by atoms with Crippen molar-refractivity contribution in [2.75, 3.05) is 17.7 Å². The van der Waals surface area contributed by atoms with Gasteiger partial charge in [0.15, 0.2) is 0 Å². The van der Waals surface area contributed by atoms with Gasteiger partial charge in [0.1, 0.15) is 17.6 Å². The van der Waals surface area contributed by atoms with Gasteiger partial charge in [0.25, 0.3) is 0 Å². The quantitative estimate of drug-likeness (QED) is 0.902. The molecular formula is C15H15ClN4O3. The van der Waals surface area contributed by atoms with Gasteiger partial charge in [0.05, 0.1) is 29.9 Å². The van der Waals surface area contributed by atoms with Crippen molar-refractivity contribution in [1.82, 2.24) is 9.78 Å². The van der Waals surface area contributed by atoms with Crippen LogP contribution in [-0.2, 0) is 9.59 Å². The van der Waals surface area contributed by atoms with Crippen LogP contribution in [0.15, 0.2) is 24.3 Å². The third kappa shape index (κ3) is 3.00. The van der Waals surface area contributed by atoms with Crippen molar-refractivity contribution in [3.05, 3.63) is 35.0 Å². The fourth-order valence-corrected chi connectivity index (χ4v) is 2.62. The number of hydrogen-bond acceptors (Lipinski definition) is 4. The number of ether oxygens (including phenoxy) is 1. The highest BCUT2D eigenvalue weighted by molar-refractivity contribution is 6.33. The van der Waals surface area contributed by atoms with Crippen LogP contribution >= 0.6 is 11.6 Å². The van der Waals surface area contributed by atoms with Crippen LogP contribution in [0.4, 0.5) is 11.5 Å². The molecule has 0 saturated heterocycles. The number of amides is 2. The summed E-state index contributed by atoms with van der Waals surface area (Å²) in [5.41, 5.74) is 1.15. The number of aryl methyl sites for hydroxylation is 1. The fraction of sp³-hybridized carbons (Fsp3) is 0.267. The molecule has 2 amide bonds. The summed E-state index contributed by atoms with van der Waals surface area (Å²) in [7, 11) is 1.53. The van der Waals surface area contributed by atoms with Gasteiger partial charge in [-0.3, -0.25) is 9.59 Å². The zero-order valence-corrected chi connectivity index (χ0v) is 13.3. The molecule has 0 bridgehead atoms. The van der Waals surface area contributed by atoms with Crippen molar-refractivity contribution in [2.45, 2.75) is 19.4 Å². The summed E-state index contributed by atoms with van der Waals surface area (Å²) in [6.07, 6.45) is 0.0154. The minimum absolute atomic E-state index is 0.0154. The number of rotatable bonds is 3. The number of fused-ring (bicyclic) bond motifs is 1. The second kappa shape index (κ2) is 5.92. The maximum absolute atomic E-state index is 12.6. The lowest BCUT2D eigenvalue weighted by Gasteiger charge is -2.24. The Morgan fingerprint density at radius 2 is 2.26 bits per heavy atom. The van der Waals surface area contributed by atoms with E-state index in [0.29, 0.717) is 22.3 Å². The summed E-state index contributed by atoms with van der Waals surface area (Å²) in [5, 5.41) is 10.1. The van der Waals surface area contributed by atoms with E-state index in [1.54, 1.807) is 31.2 Å². The van der Waals surface area contributed by atoms with Crippen LogP contribution < -0.4 is 15.4 Å². The number of hydrogen-bond donors (Lipinski definition) is 2. The van der Waals surface area contributed by atoms with Crippen LogP contribution in [0.2, 0.25) is 5.02 Å². The van der Waals surface area contributed by atoms with Gasteiger partial charge < -0.3 is 15.4 Å². The molecule has 1 aliphatic heterocycles. The number of aromatic nitrogens is 2. The SMILES string of the molecule is COc1ccc(Cl)c(NC(=O)[C@@H]2CC(=O)Nc3cc(C)nn32)c1. The number of methoxy groups -OCH3 is 1. The van der Waals surface area contributed by atoms with E-state index in [-0.39, 0.29) is 18.2 Å². The summed E-state index contributed by atoms with van der Waals surface area (Å²) in [6, 6.07) is 5.94. The lowest BCUT2D eigenvalue weighted by Crippen LogP contribution is -2.35. The summed E-state index contributed by atoms with van der Waals surface area (Å²) >= 11 is 6.10. The molecule has 0 radical (unpaired) electrons. The van der Waals surface area contributed by atoms with E-state index < -0.39 is 6.04 Å². The van der Waals surface area contributed by atoms with Crippen molar-refractivity contribution in [3.63, 3.8) is 0 Å². The van der Waals surface area contributed by atoms with E-state index in [2.05, 4.69) is 15.7 Å². The average Bonchev–Trinajstić information content (AvgIpc) is 2.88. The number of halogens is 1. The van der Waals surface area contributed by atoms with Gasteiger partial charge in [-0.1, -0.05) is 11.6 Å². The Balaban J connectivity index is 1.88. The molecule has 1 aromatic carbocycles. The second-order valence-corrected chi connectivity index (χ2v) is 5.63. The minimum atomic E-state index is -0.727.